The predicted molar refractivity (Wildman–Crippen MR) is 169 cm³/mol. The maximum atomic E-state index is 12.7. The van der Waals surface area contributed by atoms with Crippen molar-refractivity contribution in [3.8, 4) is 0 Å². The van der Waals surface area contributed by atoms with Crippen molar-refractivity contribution in [3.05, 3.63) is 89.5 Å². The van der Waals surface area contributed by atoms with Crippen LogP contribution in [-0.2, 0) is 30.4 Å². The fourth-order valence-electron chi connectivity index (χ4n) is 5.49. The monoisotopic (exact) mass is 602 g/mol. The fraction of sp³-hybridized carbons (Fsp3) is 0.412. The van der Waals surface area contributed by atoms with Crippen LogP contribution in [0.15, 0.2) is 72.8 Å². The van der Waals surface area contributed by atoms with Gasteiger partial charge in [0.15, 0.2) is 6.29 Å². The molecule has 2 aliphatic heterocycles. The molecule has 0 bridgehead atoms. The Morgan fingerprint density at radius 3 is 2.32 bits per heavy atom. The van der Waals surface area contributed by atoms with E-state index in [2.05, 4.69) is 15.5 Å². The summed E-state index contributed by atoms with van der Waals surface area (Å²) in [6, 6.07) is 22.5. The highest BCUT2D eigenvalue weighted by Crippen LogP contribution is 2.38. The van der Waals surface area contributed by atoms with Crippen molar-refractivity contribution in [3.63, 3.8) is 0 Å². The molecule has 2 aliphatic rings. The number of anilines is 3. The van der Waals surface area contributed by atoms with Gasteiger partial charge in [0.2, 0.25) is 11.8 Å². The number of nitrogens with zero attached hydrogens (tertiary/aromatic N) is 1. The van der Waals surface area contributed by atoms with Crippen molar-refractivity contribution in [2.45, 2.75) is 57.2 Å². The van der Waals surface area contributed by atoms with E-state index in [0.29, 0.717) is 49.2 Å². The summed E-state index contributed by atoms with van der Waals surface area (Å²) in [5, 5.41) is 15.3. The number of rotatable bonds is 12. The molecule has 3 aromatic carbocycles. The number of unbranched alkanes of at least 4 members (excludes halogenated alkanes) is 1. The first-order valence-corrected chi connectivity index (χ1v) is 15.3. The van der Waals surface area contributed by atoms with Gasteiger partial charge in [-0.25, -0.2) is 0 Å². The van der Waals surface area contributed by atoms with E-state index < -0.39 is 6.29 Å². The molecule has 5 N–H and O–H groups in total. The molecule has 2 saturated heterocycles. The number of para-hydroxylation sites is 2. The van der Waals surface area contributed by atoms with Crippen LogP contribution in [0.1, 0.15) is 61.2 Å². The molecule has 0 spiro atoms. The predicted octanol–water partition coefficient (Wildman–Crippen LogP) is 4.78. The first-order valence-electron chi connectivity index (χ1n) is 15.3. The van der Waals surface area contributed by atoms with Crippen LogP contribution >= 0.6 is 0 Å². The number of nitrogens with two attached hydrogens (primary N) is 1. The van der Waals surface area contributed by atoms with Gasteiger partial charge in [-0.3, -0.25) is 14.5 Å². The third-order valence-electron chi connectivity index (χ3n) is 7.92. The molecule has 44 heavy (non-hydrogen) atoms. The van der Waals surface area contributed by atoms with E-state index in [4.69, 9.17) is 19.9 Å². The van der Waals surface area contributed by atoms with E-state index in [1.807, 2.05) is 60.7 Å². The molecule has 0 radical (unpaired) electrons. The fourth-order valence-corrected chi connectivity index (χ4v) is 5.49. The van der Waals surface area contributed by atoms with Crippen LogP contribution in [0.2, 0.25) is 0 Å². The number of nitrogens with one attached hydrogen (secondary N) is 2. The molecule has 5 rings (SSSR count). The first-order chi connectivity index (χ1) is 21.5. The van der Waals surface area contributed by atoms with Gasteiger partial charge in [-0.1, -0.05) is 48.5 Å². The number of morpholine rings is 1. The van der Waals surface area contributed by atoms with Crippen LogP contribution in [0.5, 0.6) is 0 Å². The number of benzene rings is 3. The molecule has 3 aromatic rings. The van der Waals surface area contributed by atoms with Crippen molar-refractivity contribution >= 4 is 28.9 Å². The Kier molecular flexibility index (Phi) is 11.3. The Balaban J connectivity index is 1.16. The van der Waals surface area contributed by atoms with Crippen LogP contribution in [0.4, 0.5) is 17.1 Å². The lowest BCUT2D eigenvalue weighted by Gasteiger charge is -2.39. The van der Waals surface area contributed by atoms with Gasteiger partial charge in [-0.05, 0) is 48.2 Å². The number of aliphatic hydroxyl groups is 1. The Labute approximate surface area is 258 Å². The third-order valence-corrected chi connectivity index (χ3v) is 7.92. The number of hydrogen-bond acceptors (Lipinski definition) is 8. The van der Waals surface area contributed by atoms with Crippen LogP contribution in [0.25, 0.3) is 0 Å². The van der Waals surface area contributed by atoms with Crippen LogP contribution in [0.3, 0.4) is 0 Å². The van der Waals surface area contributed by atoms with Gasteiger partial charge in [0.1, 0.15) is 0 Å². The van der Waals surface area contributed by atoms with Crippen molar-refractivity contribution in [2.24, 2.45) is 0 Å². The zero-order chi connectivity index (χ0) is 30.7. The summed E-state index contributed by atoms with van der Waals surface area (Å²) in [4.78, 5) is 27.3. The zero-order valence-electron chi connectivity index (χ0n) is 25.0. The van der Waals surface area contributed by atoms with Crippen LogP contribution in [0, 0.1) is 0 Å². The summed E-state index contributed by atoms with van der Waals surface area (Å²) in [5.74, 6) is -0.245. The Hall–Kier alpha value is -3.80. The topological polar surface area (TPSA) is 135 Å². The number of ether oxygens (including phenoxy) is 3. The Morgan fingerprint density at radius 2 is 1.59 bits per heavy atom. The second-order valence-electron chi connectivity index (χ2n) is 11.3. The van der Waals surface area contributed by atoms with Gasteiger partial charge < -0.3 is 35.7 Å². The lowest BCUT2D eigenvalue weighted by Crippen LogP contribution is -2.44. The summed E-state index contributed by atoms with van der Waals surface area (Å²) < 4.78 is 18.5. The summed E-state index contributed by atoms with van der Waals surface area (Å²) in [6.45, 7) is 3.95. The molecular formula is C34H42N4O6. The van der Waals surface area contributed by atoms with Gasteiger partial charge >= 0.3 is 0 Å². The molecule has 2 amide bonds. The van der Waals surface area contributed by atoms with E-state index in [1.54, 1.807) is 12.1 Å². The zero-order valence-corrected chi connectivity index (χ0v) is 25.0. The molecule has 3 atom stereocenters. The number of carbonyl (C=O) groups is 2. The van der Waals surface area contributed by atoms with Gasteiger partial charge in [0, 0.05) is 50.1 Å². The van der Waals surface area contributed by atoms with E-state index in [0.717, 1.165) is 49.5 Å². The van der Waals surface area contributed by atoms with Gasteiger partial charge in [-0.15, -0.1) is 0 Å². The van der Waals surface area contributed by atoms with Gasteiger partial charge in [0.25, 0.3) is 0 Å². The molecule has 234 valence electrons. The lowest BCUT2D eigenvalue weighted by atomic mass is 9.99. The number of nitrogen functional groups attached to an aromatic ring is 1. The SMILES string of the molecule is Nc1ccccc1NC(=O)CCCCC(=O)Nc1cccc([C@H]2O[C@@H](CN3CCOCC3)C[C@@H](c3ccc(CO)cc3)O2)c1. The minimum atomic E-state index is -0.605. The standard InChI is InChI=1S/C34H42N4O6/c35-29-8-1-2-9-30(29)37-33(41)11-4-3-10-32(40)36-27-7-5-6-26(20-27)34-43-28(22-38-16-18-42-19-17-38)21-31(44-34)25-14-12-24(23-39)13-15-25/h1-2,5-9,12-15,20,28,31,34,39H,3-4,10-11,16-19,21-23,35H2,(H,36,40)(H,37,41)/t28-,31+,34+/m1/s1. The molecule has 10 nitrogen and oxygen atoms in total. The normalized spacial score (nSPS) is 20.6. The molecule has 10 heteroatoms. The molecule has 0 unspecified atom stereocenters. The van der Waals surface area contributed by atoms with Crippen molar-refractivity contribution in [1.82, 2.24) is 4.90 Å². The highest BCUT2D eigenvalue weighted by atomic mass is 16.7. The van der Waals surface area contributed by atoms with E-state index in [9.17, 15) is 14.7 Å². The Bertz CT molecular complexity index is 1380. The number of carbonyl (C=O) groups excluding carboxylic acids is 2. The highest BCUT2D eigenvalue weighted by Gasteiger charge is 2.33. The quantitative estimate of drug-likeness (QED) is 0.172. The summed E-state index contributed by atoms with van der Waals surface area (Å²) in [6.07, 6.45) is 1.65. The molecule has 0 aromatic heterocycles. The largest absolute Gasteiger partial charge is 0.397 e. The number of aliphatic hydroxyl groups excluding tert-OH is 1. The molecule has 0 saturated carbocycles. The molecule has 2 heterocycles. The highest BCUT2D eigenvalue weighted by molar-refractivity contribution is 5.94. The van der Waals surface area contributed by atoms with E-state index in [-0.39, 0.29) is 30.6 Å². The Morgan fingerprint density at radius 1 is 0.864 bits per heavy atom. The summed E-state index contributed by atoms with van der Waals surface area (Å²) >= 11 is 0. The van der Waals surface area contributed by atoms with Gasteiger partial charge in [-0.2, -0.15) is 0 Å². The summed E-state index contributed by atoms with van der Waals surface area (Å²) in [5.41, 5.74) is 10.4. The van der Waals surface area contributed by atoms with Crippen molar-refractivity contribution in [1.29, 1.82) is 0 Å². The summed E-state index contributed by atoms with van der Waals surface area (Å²) in [7, 11) is 0. The number of amides is 2. The average molecular weight is 603 g/mol. The smallest absolute Gasteiger partial charge is 0.224 e. The molecule has 2 fully saturated rings. The van der Waals surface area contributed by atoms with Crippen LogP contribution in [-0.4, -0.2) is 60.8 Å². The number of hydrogen-bond donors (Lipinski definition) is 4. The minimum Gasteiger partial charge on any atom is -0.397 e. The molecular weight excluding hydrogens is 560 g/mol. The minimum absolute atomic E-state index is 0.00510. The maximum Gasteiger partial charge on any atom is 0.224 e. The second-order valence-corrected chi connectivity index (χ2v) is 11.3. The van der Waals surface area contributed by atoms with Crippen molar-refractivity contribution < 1.29 is 28.9 Å². The van der Waals surface area contributed by atoms with Gasteiger partial charge in [0.05, 0.1) is 43.4 Å². The maximum absolute atomic E-state index is 12.7. The van der Waals surface area contributed by atoms with Crippen molar-refractivity contribution in [2.75, 3.05) is 49.2 Å². The second kappa shape index (κ2) is 15.8. The molecule has 0 aliphatic carbocycles. The van der Waals surface area contributed by atoms with E-state index >= 15 is 0 Å². The lowest BCUT2D eigenvalue weighted by molar-refractivity contribution is -0.253. The van der Waals surface area contributed by atoms with Crippen LogP contribution < -0.4 is 16.4 Å². The van der Waals surface area contributed by atoms with E-state index in [1.165, 1.54) is 0 Å². The third kappa shape index (κ3) is 9.10. The first kappa shape index (κ1) is 31.6. The average Bonchev–Trinajstić information content (AvgIpc) is 3.05.